The van der Waals surface area contributed by atoms with E-state index in [0.717, 1.165) is 0 Å². The fourth-order valence-corrected chi connectivity index (χ4v) is 4.47. The minimum Gasteiger partial charge on any atom is -0.481 e. The van der Waals surface area contributed by atoms with E-state index in [0.29, 0.717) is 31.4 Å². The van der Waals surface area contributed by atoms with Crippen molar-refractivity contribution in [3.63, 3.8) is 0 Å². The number of carboxylic acid groups (broad SMARTS) is 1. The number of amides is 5. The molecule has 0 radical (unpaired) electrons. The van der Waals surface area contributed by atoms with Crippen molar-refractivity contribution in [1.82, 2.24) is 26.6 Å². The lowest BCUT2D eigenvalue weighted by molar-refractivity contribution is -0.141. The van der Waals surface area contributed by atoms with E-state index < -0.39 is 72.1 Å². The third kappa shape index (κ3) is 12.2. The van der Waals surface area contributed by atoms with Gasteiger partial charge in [-0.3, -0.25) is 33.8 Å². The molecule has 44 heavy (non-hydrogen) atoms. The van der Waals surface area contributed by atoms with Gasteiger partial charge in [-0.2, -0.15) is 0 Å². The van der Waals surface area contributed by atoms with Crippen LogP contribution in [0.15, 0.2) is 35.3 Å². The maximum Gasteiger partial charge on any atom is 0.305 e. The van der Waals surface area contributed by atoms with Crippen LogP contribution >= 0.6 is 0 Å². The smallest absolute Gasteiger partial charge is 0.305 e. The fourth-order valence-electron chi connectivity index (χ4n) is 4.47. The summed E-state index contributed by atoms with van der Waals surface area (Å²) in [5, 5.41) is 22.1. The van der Waals surface area contributed by atoms with Crippen molar-refractivity contribution in [3.8, 4) is 0 Å². The molecular formula is C28H43N9O7. The number of aliphatic imine (C=N–C) groups is 1. The van der Waals surface area contributed by atoms with Crippen LogP contribution in [0.5, 0.6) is 0 Å². The number of unbranched alkanes of at least 4 members (excludes halogenated alkanes) is 1. The molecule has 12 N–H and O–H groups in total. The first-order valence-electron chi connectivity index (χ1n) is 14.4. The highest BCUT2D eigenvalue weighted by atomic mass is 16.4. The van der Waals surface area contributed by atoms with Crippen LogP contribution < -0.4 is 43.8 Å². The number of aliphatic carboxylic acids is 1. The van der Waals surface area contributed by atoms with Gasteiger partial charge in [-0.05, 0) is 51.1 Å². The van der Waals surface area contributed by atoms with E-state index in [4.69, 9.17) is 17.2 Å². The molecule has 1 aromatic carbocycles. The number of rotatable bonds is 12. The number of carboxylic acids is 1. The molecule has 0 unspecified atom stereocenters. The molecule has 1 aliphatic rings. The zero-order chi connectivity index (χ0) is 32.6. The second-order valence-electron chi connectivity index (χ2n) is 10.5. The Morgan fingerprint density at radius 2 is 1.27 bits per heavy atom. The Morgan fingerprint density at radius 3 is 1.86 bits per heavy atom. The van der Waals surface area contributed by atoms with Gasteiger partial charge in [0.15, 0.2) is 5.96 Å². The average Bonchev–Trinajstić information content (AvgIpc) is 2.96. The summed E-state index contributed by atoms with van der Waals surface area (Å²) in [6.07, 6.45) is 0.821. The van der Waals surface area contributed by atoms with Gasteiger partial charge in [-0.1, -0.05) is 30.3 Å². The zero-order valence-electron chi connectivity index (χ0n) is 24.7. The van der Waals surface area contributed by atoms with Gasteiger partial charge in [-0.25, -0.2) is 0 Å². The van der Waals surface area contributed by atoms with E-state index in [1.165, 1.54) is 6.92 Å². The van der Waals surface area contributed by atoms with Crippen molar-refractivity contribution in [2.75, 3.05) is 13.1 Å². The van der Waals surface area contributed by atoms with Crippen molar-refractivity contribution in [1.29, 1.82) is 0 Å². The van der Waals surface area contributed by atoms with E-state index in [-0.39, 0.29) is 31.8 Å². The quantitative estimate of drug-likeness (QED) is 0.0667. The van der Waals surface area contributed by atoms with Crippen LogP contribution in [-0.2, 0) is 35.2 Å². The molecule has 0 aliphatic carbocycles. The summed E-state index contributed by atoms with van der Waals surface area (Å²) in [6, 6.07) is 2.49. The molecule has 1 aliphatic heterocycles. The third-order valence-corrected chi connectivity index (χ3v) is 6.84. The molecule has 0 aromatic heterocycles. The number of hydrogen-bond donors (Lipinski definition) is 9. The number of benzene rings is 1. The first-order chi connectivity index (χ1) is 20.9. The summed E-state index contributed by atoms with van der Waals surface area (Å²) in [4.78, 5) is 82.0. The number of carbonyl (C=O) groups excluding carboxylic acids is 5. The van der Waals surface area contributed by atoms with E-state index in [2.05, 4.69) is 31.6 Å². The number of carbonyl (C=O) groups is 6. The van der Waals surface area contributed by atoms with Crippen molar-refractivity contribution in [3.05, 3.63) is 35.9 Å². The van der Waals surface area contributed by atoms with Gasteiger partial charge < -0.3 is 48.9 Å². The monoisotopic (exact) mass is 617 g/mol. The Morgan fingerprint density at radius 1 is 0.750 bits per heavy atom. The highest BCUT2D eigenvalue weighted by Gasteiger charge is 2.34. The maximum atomic E-state index is 13.6. The highest BCUT2D eigenvalue weighted by molar-refractivity contribution is 5.98. The molecule has 0 spiro atoms. The molecule has 1 heterocycles. The number of nitrogens with two attached hydrogens (primary N) is 3. The molecule has 1 saturated heterocycles. The highest BCUT2D eigenvalue weighted by Crippen LogP contribution is 2.09. The molecule has 242 valence electrons. The summed E-state index contributed by atoms with van der Waals surface area (Å²) in [6.45, 7) is 1.87. The van der Waals surface area contributed by atoms with Crippen LogP contribution in [0.25, 0.3) is 0 Å². The minimum atomic E-state index is -1.56. The Bertz CT molecular complexity index is 1190. The van der Waals surface area contributed by atoms with Gasteiger partial charge in [0.05, 0.1) is 6.42 Å². The Kier molecular flexibility index (Phi) is 14.5. The zero-order valence-corrected chi connectivity index (χ0v) is 24.7. The molecule has 5 amide bonds. The molecule has 1 fully saturated rings. The average molecular weight is 618 g/mol. The standard InChI is InChI=1S/C28H43N9O7/c1-16-23(40)36-21(15-22(38)39)27(44)37-20(14-17-8-3-2-4-9-17)26(43)35-18(10-5-6-12-29)25(42)34-19(24(41)33-16)11-7-13-32-28(30)31/h2-4,8-9,16,18-21H,5-7,10-15,29H2,1H3,(H,33,41)(H,34,42)(H,35,43)(H,36,40)(H,37,44)(H,38,39)(H4,30,31,32)/t16-,18-,19-,20+,21+/m0/s1. The van der Waals surface area contributed by atoms with Gasteiger partial charge in [-0.15, -0.1) is 0 Å². The summed E-state index contributed by atoms with van der Waals surface area (Å²) in [5.74, 6) is -5.37. The topological polar surface area (TPSA) is 273 Å². The van der Waals surface area contributed by atoms with Gasteiger partial charge in [0, 0.05) is 13.0 Å². The van der Waals surface area contributed by atoms with Crippen LogP contribution in [0.3, 0.4) is 0 Å². The van der Waals surface area contributed by atoms with Gasteiger partial charge in [0.25, 0.3) is 0 Å². The molecule has 16 heteroatoms. The van der Waals surface area contributed by atoms with Gasteiger partial charge >= 0.3 is 5.97 Å². The normalized spacial score (nSPS) is 23.5. The van der Waals surface area contributed by atoms with Crippen LogP contribution in [0.2, 0.25) is 0 Å². The molecule has 0 bridgehead atoms. The maximum absolute atomic E-state index is 13.6. The number of guanidine groups is 1. The van der Waals surface area contributed by atoms with Gasteiger partial charge in [0.1, 0.15) is 30.2 Å². The lowest BCUT2D eigenvalue weighted by Crippen LogP contribution is -2.58. The van der Waals surface area contributed by atoms with Crippen molar-refractivity contribution >= 4 is 41.5 Å². The van der Waals surface area contributed by atoms with Crippen molar-refractivity contribution < 1.29 is 33.9 Å². The summed E-state index contributed by atoms with van der Waals surface area (Å²) in [7, 11) is 0. The fraction of sp³-hybridized carbons (Fsp3) is 0.536. The predicted octanol–water partition coefficient (Wildman–Crippen LogP) is -2.66. The largest absolute Gasteiger partial charge is 0.481 e. The van der Waals surface area contributed by atoms with Crippen LogP contribution in [-0.4, -0.2) is 89.9 Å². The van der Waals surface area contributed by atoms with E-state index in [1.807, 2.05) is 0 Å². The van der Waals surface area contributed by atoms with E-state index >= 15 is 0 Å². The van der Waals surface area contributed by atoms with Crippen LogP contribution in [0, 0.1) is 0 Å². The molecule has 2 rings (SSSR count). The summed E-state index contributed by atoms with van der Waals surface area (Å²) in [5.41, 5.74) is 17.0. The lowest BCUT2D eigenvalue weighted by Gasteiger charge is -2.26. The first-order valence-corrected chi connectivity index (χ1v) is 14.4. The SMILES string of the molecule is C[C@@H]1NC(=O)[C@H](CCCN=C(N)N)NC(=O)[C@H](CCCCN)NC(=O)[C@@H](Cc2ccccc2)NC(=O)[C@@H](CC(=O)O)NC1=O. The molecule has 1 aromatic rings. The van der Waals surface area contributed by atoms with E-state index in [1.54, 1.807) is 30.3 Å². The minimum absolute atomic E-state index is 0.00709. The van der Waals surface area contributed by atoms with E-state index in [9.17, 15) is 33.9 Å². The summed E-state index contributed by atoms with van der Waals surface area (Å²) < 4.78 is 0. The molecule has 16 nitrogen and oxygen atoms in total. The van der Waals surface area contributed by atoms with Crippen LogP contribution in [0.4, 0.5) is 0 Å². The lowest BCUT2D eigenvalue weighted by atomic mass is 10.0. The molecular weight excluding hydrogens is 574 g/mol. The van der Waals surface area contributed by atoms with Crippen molar-refractivity contribution in [2.45, 2.75) is 82.1 Å². The predicted molar refractivity (Wildman–Crippen MR) is 161 cm³/mol. The number of hydrogen-bond acceptors (Lipinski definition) is 8. The van der Waals surface area contributed by atoms with Crippen molar-refractivity contribution in [2.24, 2.45) is 22.2 Å². The Hall–Kier alpha value is -4.73. The Labute approximate surface area is 255 Å². The van der Waals surface area contributed by atoms with Gasteiger partial charge in [0.2, 0.25) is 29.5 Å². The number of nitrogens with zero attached hydrogens (tertiary/aromatic N) is 1. The second-order valence-corrected chi connectivity index (χ2v) is 10.5. The molecule has 5 atom stereocenters. The first kappa shape index (κ1) is 35.5. The Balaban J connectivity index is 2.49. The molecule has 0 saturated carbocycles. The third-order valence-electron chi connectivity index (χ3n) is 6.84. The number of nitrogens with one attached hydrogen (secondary N) is 5. The summed E-state index contributed by atoms with van der Waals surface area (Å²) >= 11 is 0. The van der Waals surface area contributed by atoms with Crippen LogP contribution in [0.1, 0.15) is 51.0 Å². The second kappa shape index (κ2) is 18.0.